The minimum Gasteiger partial charge on any atom is -0.387 e. The van der Waals surface area contributed by atoms with Crippen LogP contribution in [0, 0.1) is 0 Å². The van der Waals surface area contributed by atoms with Gasteiger partial charge in [-0.15, -0.1) is 12.4 Å². The maximum absolute atomic E-state index is 12.8. The van der Waals surface area contributed by atoms with E-state index in [-0.39, 0.29) is 18.3 Å². The van der Waals surface area contributed by atoms with E-state index in [0.29, 0.717) is 12.1 Å². The smallest absolute Gasteiger partial charge is 0.265 e. The quantitative estimate of drug-likeness (QED) is 0.291. The van der Waals surface area contributed by atoms with E-state index in [1.165, 1.54) is 12.0 Å². The number of carbonyl (C=O) groups excluding carboxylic acids is 1. The first-order valence-electron chi connectivity index (χ1n) is 13.0. The number of hydrogen-bond donors (Lipinski definition) is 3. The Morgan fingerprint density at radius 1 is 0.947 bits per heavy atom. The molecule has 1 atom stereocenters. The first-order valence-corrected chi connectivity index (χ1v) is 14.9. The van der Waals surface area contributed by atoms with E-state index in [9.17, 15) is 18.3 Å². The number of benzene rings is 3. The van der Waals surface area contributed by atoms with Gasteiger partial charge in [0.25, 0.3) is 5.91 Å². The van der Waals surface area contributed by atoms with Crippen molar-refractivity contribution in [2.75, 3.05) is 19.3 Å². The third-order valence-electron chi connectivity index (χ3n) is 7.02. The van der Waals surface area contributed by atoms with Crippen LogP contribution in [-0.2, 0) is 16.4 Å². The molecule has 8 heteroatoms. The van der Waals surface area contributed by atoms with Crippen molar-refractivity contribution in [1.29, 1.82) is 0 Å². The summed E-state index contributed by atoms with van der Waals surface area (Å²) in [5.74, 6) is -0.305. The monoisotopic (exact) mass is 556 g/mol. The van der Waals surface area contributed by atoms with Crippen molar-refractivity contribution in [1.82, 2.24) is 10.0 Å². The summed E-state index contributed by atoms with van der Waals surface area (Å²) >= 11 is 0. The predicted molar refractivity (Wildman–Crippen MR) is 155 cm³/mol. The molecule has 1 aliphatic carbocycles. The van der Waals surface area contributed by atoms with E-state index in [2.05, 4.69) is 40.4 Å². The van der Waals surface area contributed by atoms with Crippen LogP contribution in [0.5, 0.6) is 0 Å². The second-order valence-corrected chi connectivity index (χ2v) is 11.7. The summed E-state index contributed by atoms with van der Waals surface area (Å²) in [7, 11) is -3.63. The van der Waals surface area contributed by atoms with Gasteiger partial charge in [-0.2, -0.15) is 0 Å². The number of aliphatic hydroxyl groups is 1. The van der Waals surface area contributed by atoms with Gasteiger partial charge in [-0.25, -0.2) is 13.1 Å². The van der Waals surface area contributed by atoms with Crippen LogP contribution in [0.3, 0.4) is 0 Å². The molecule has 4 rings (SSSR count). The van der Waals surface area contributed by atoms with E-state index in [1.54, 1.807) is 6.07 Å². The van der Waals surface area contributed by atoms with Crippen LogP contribution in [0.4, 0.5) is 0 Å². The van der Waals surface area contributed by atoms with Gasteiger partial charge in [-0.05, 0) is 65.6 Å². The molecule has 1 saturated carbocycles. The van der Waals surface area contributed by atoms with Gasteiger partial charge in [0.2, 0.25) is 10.0 Å². The molecule has 1 amide bonds. The Kier molecular flexibility index (Phi) is 10.9. The van der Waals surface area contributed by atoms with Crippen molar-refractivity contribution in [2.24, 2.45) is 0 Å². The Hall–Kier alpha value is -2.71. The van der Waals surface area contributed by atoms with Crippen molar-refractivity contribution in [2.45, 2.75) is 50.5 Å². The van der Waals surface area contributed by atoms with Gasteiger partial charge in [0.05, 0.1) is 12.4 Å². The average Bonchev–Trinajstić information content (AvgIpc) is 2.91. The lowest BCUT2D eigenvalue weighted by Crippen LogP contribution is -2.30. The first kappa shape index (κ1) is 29.8. The number of nitrogens with one attached hydrogen (secondary N) is 2. The van der Waals surface area contributed by atoms with Crippen LogP contribution in [0.2, 0.25) is 0 Å². The van der Waals surface area contributed by atoms with Gasteiger partial charge in [-0.3, -0.25) is 4.79 Å². The molecule has 3 aromatic carbocycles. The maximum atomic E-state index is 12.8. The predicted octanol–water partition coefficient (Wildman–Crippen LogP) is 5.38. The normalized spacial score (nSPS) is 14.9. The minimum absolute atomic E-state index is 0. The fourth-order valence-electron chi connectivity index (χ4n) is 5.05. The highest BCUT2D eigenvalue weighted by molar-refractivity contribution is 7.89. The van der Waals surface area contributed by atoms with E-state index in [4.69, 9.17) is 0 Å². The van der Waals surface area contributed by atoms with Crippen LogP contribution in [-0.4, -0.2) is 38.8 Å². The highest BCUT2D eigenvalue weighted by atomic mass is 35.5. The van der Waals surface area contributed by atoms with Crippen LogP contribution < -0.4 is 10.0 Å². The number of amides is 1. The highest BCUT2D eigenvalue weighted by Gasteiger charge is 2.23. The maximum Gasteiger partial charge on any atom is 0.265 e. The molecule has 204 valence electrons. The van der Waals surface area contributed by atoms with E-state index < -0.39 is 22.0 Å². The summed E-state index contributed by atoms with van der Waals surface area (Å²) in [4.78, 5) is 12.8. The van der Waals surface area contributed by atoms with Crippen molar-refractivity contribution in [3.05, 3.63) is 95.1 Å². The molecule has 38 heavy (non-hydrogen) atoms. The topological polar surface area (TPSA) is 95.5 Å². The summed E-state index contributed by atoms with van der Waals surface area (Å²) in [5, 5.41) is 13.6. The first-order chi connectivity index (χ1) is 17.8. The Morgan fingerprint density at radius 2 is 1.61 bits per heavy atom. The van der Waals surface area contributed by atoms with Crippen molar-refractivity contribution >= 4 is 28.3 Å². The molecule has 0 spiro atoms. The summed E-state index contributed by atoms with van der Waals surface area (Å²) in [6.07, 6.45) is 6.77. The Morgan fingerprint density at radius 3 is 2.26 bits per heavy atom. The summed E-state index contributed by atoms with van der Waals surface area (Å²) < 4.78 is 25.5. The third-order valence-corrected chi connectivity index (χ3v) is 7.58. The fourth-order valence-corrected chi connectivity index (χ4v) is 5.50. The Labute approximate surface area is 232 Å². The largest absolute Gasteiger partial charge is 0.387 e. The molecule has 0 heterocycles. The van der Waals surface area contributed by atoms with Gasteiger partial charge in [0.1, 0.15) is 0 Å². The molecule has 0 radical (unpaired) electrons. The number of aliphatic hydroxyl groups excluding tert-OH is 1. The lowest BCUT2D eigenvalue weighted by Gasteiger charge is -2.24. The second-order valence-electron chi connectivity index (χ2n) is 9.92. The molecule has 1 aliphatic rings. The minimum atomic E-state index is -3.63. The molecule has 3 N–H and O–H groups in total. The zero-order valence-corrected chi connectivity index (χ0v) is 23.4. The highest BCUT2D eigenvalue weighted by Crippen LogP contribution is 2.36. The summed E-state index contributed by atoms with van der Waals surface area (Å²) in [6.45, 7) is 1.27. The SMILES string of the molecule is CS(=O)(=O)NC(=O)c1ccc(-c2ccc(CCNC[C@@H](O)c3ccccc3)cc2)cc1C1CCCCC1.Cl. The van der Waals surface area contributed by atoms with E-state index in [0.717, 1.165) is 67.2 Å². The summed E-state index contributed by atoms with van der Waals surface area (Å²) in [6, 6.07) is 23.7. The number of sulfonamides is 1. The molecule has 0 aliphatic heterocycles. The number of hydrogen-bond acceptors (Lipinski definition) is 5. The average molecular weight is 557 g/mol. The molecule has 6 nitrogen and oxygen atoms in total. The number of rotatable bonds is 10. The van der Waals surface area contributed by atoms with Gasteiger partial charge in [-0.1, -0.05) is 86.0 Å². The molecular weight excluding hydrogens is 520 g/mol. The molecule has 1 fully saturated rings. The van der Waals surface area contributed by atoms with Crippen LogP contribution in [0.15, 0.2) is 72.8 Å². The van der Waals surface area contributed by atoms with Crippen LogP contribution in [0.1, 0.15) is 71.2 Å². The molecule has 0 bridgehead atoms. The molecule has 0 aromatic heterocycles. The van der Waals surface area contributed by atoms with Gasteiger partial charge >= 0.3 is 0 Å². The van der Waals surface area contributed by atoms with Crippen molar-refractivity contribution in [3.63, 3.8) is 0 Å². The van der Waals surface area contributed by atoms with Crippen molar-refractivity contribution < 1.29 is 18.3 Å². The third kappa shape index (κ3) is 8.40. The molecular formula is C30H37ClN2O4S. The van der Waals surface area contributed by atoms with Gasteiger partial charge < -0.3 is 10.4 Å². The molecule has 0 saturated heterocycles. The van der Waals surface area contributed by atoms with E-state index >= 15 is 0 Å². The zero-order valence-electron chi connectivity index (χ0n) is 21.7. The Bertz CT molecular complexity index is 1290. The number of halogens is 1. The fraction of sp³-hybridized carbons (Fsp3) is 0.367. The standard InChI is InChI=1S/C30H36N2O4S.ClH/c1-37(35,36)32-30(34)27-17-16-26(20-28(27)24-8-4-2-5-9-24)23-14-12-22(13-15-23)18-19-31-21-29(33)25-10-6-3-7-11-25;/h3,6-7,10-17,20,24,29,31,33H,2,4-5,8-9,18-19,21H2,1H3,(H,32,34);1H/t29-;/m1./s1. The zero-order chi connectivity index (χ0) is 26.3. The summed E-state index contributed by atoms with van der Waals surface area (Å²) in [5.41, 5.74) is 5.56. The van der Waals surface area contributed by atoms with E-state index in [1.807, 2.05) is 36.4 Å². The van der Waals surface area contributed by atoms with Gasteiger partial charge in [0, 0.05) is 12.1 Å². The lowest BCUT2D eigenvalue weighted by atomic mass is 9.81. The van der Waals surface area contributed by atoms with Crippen LogP contribution in [0.25, 0.3) is 11.1 Å². The second kappa shape index (κ2) is 13.9. The Balaban J connectivity index is 0.00000400. The van der Waals surface area contributed by atoms with Crippen LogP contribution >= 0.6 is 12.4 Å². The number of carbonyl (C=O) groups is 1. The molecule has 0 unspecified atom stereocenters. The molecule has 3 aromatic rings. The lowest BCUT2D eigenvalue weighted by molar-refractivity contribution is 0.0980. The van der Waals surface area contributed by atoms with Crippen molar-refractivity contribution in [3.8, 4) is 11.1 Å². The van der Waals surface area contributed by atoms with Gasteiger partial charge in [0.15, 0.2) is 0 Å².